The molecule has 0 unspecified atom stereocenters. The predicted octanol–water partition coefficient (Wildman–Crippen LogP) is 4.30. The van der Waals surface area contributed by atoms with Gasteiger partial charge in [0.15, 0.2) is 11.5 Å². The molecule has 6 rings (SSSR count). The van der Waals surface area contributed by atoms with E-state index in [2.05, 4.69) is 9.80 Å². The van der Waals surface area contributed by atoms with E-state index >= 15 is 0 Å². The van der Waals surface area contributed by atoms with Crippen LogP contribution in [-0.2, 0) is 11.3 Å². The van der Waals surface area contributed by atoms with E-state index in [0.29, 0.717) is 87.3 Å². The van der Waals surface area contributed by atoms with Crippen LogP contribution in [0.15, 0.2) is 39.9 Å². The molecule has 2 saturated heterocycles. The Bertz CT molecular complexity index is 1770. The number of hydrogen-bond acceptors (Lipinski definition) is 9. The van der Waals surface area contributed by atoms with Crippen LogP contribution in [0.4, 0.5) is 11.8 Å². The first-order chi connectivity index (χ1) is 21.4. The zero-order valence-corrected chi connectivity index (χ0v) is 26.2. The van der Waals surface area contributed by atoms with Crippen molar-refractivity contribution in [3.8, 4) is 11.5 Å². The number of nitrogens with zero attached hydrogens (tertiary/aromatic N) is 6. The lowest BCUT2D eigenvalue weighted by molar-refractivity contribution is 0.122. The van der Waals surface area contributed by atoms with Gasteiger partial charge >= 0.3 is 5.69 Å². The maximum atomic E-state index is 13.8. The SMILES string of the molecule is CCCn1c(=O)n(C2CCN(c3nc(N4CCOCC4)nc4cc(OCC)c(OCC)cc34)CC2)c(=O)c2cc(C)ccc21. The van der Waals surface area contributed by atoms with Crippen molar-refractivity contribution in [1.29, 1.82) is 0 Å². The lowest BCUT2D eigenvalue weighted by Gasteiger charge is -2.35. The number of piperidine rings is 1. The molecule has 2 aromatic carbocycles. The summed E-state index contributed by atoms with van der Waals surface area (Å²) in [6, 6.07) is 9.49. The molecule has 234 valence electrons. The van der Waals surface area contributed by atoms with Gasteiger partial charge in [-0.2, -0.15) is 4.98 Å². The third-order valence-electron chi connectivity index (χ3n) is 8.53. The number of ether oxygens (including phenoxy) is 3. The highest BCUT2D eigenvalue weighted by Crippen LogP contribution is 2.38. The van der Waals surface area contributed by atoms with E-state index in [-0.39, 0.29) is 17.3 Å². The first-order valence-electron chi connectivity index (χ1n) is 15.9. The van der Waals surface area contributed by atoms with Crippen molar-refractivity contribution in [1.82, 2.24) is 19.1 Å². The molecule has 44 heavy (non-hydrogen) atoms. The average molecular weight is 603 g/mol. The van der Waals surface area contributed by atoms with E-state index in [1.807, 2.05) is 58.0 Å². The number of hydrogen-bond donors (Lipinski definition) is 0. The molecule has 0 atom stereocenters. The highest BCUT2D eigenvalue weighted by atomic mass is 16.5. The Morgan fingerprint density at radius 1 is 0.864 bits per heavy atom. The number of aryl methyl sites for hydroxylation is 2. The number of aromatic nitrogens is 4. The fourth-order valence-electron chi connectivity index (χ4n) is 6.39. The molecule has 0 N–H and O–H groups in total. The van der Waals surface area contributed by atoms with Crippen molar-refractivity contribution >= 4 is 33.6 Å². The summed E-state index contributed by atoms with van der Waals surface area (Å²) in [6.07, 6.45) is 2.10. The largest absolute Gasteiger partial charge is 0.490 e. The molecule has 2 aromatic heterocycles. The van der Waals surface area contributed by atoms with Crippen molar-refractivity contribution in [3.63, 3.8) is 0 Å². The Morgan fingerprint density at radius 3 is 2.25 bits per heavy atom. The number of morpholine rings is 1. The van der Waals surface area contributed by atoms with E-state index in [0.717, 1.165) is 41.8 Å². The van der Waals surface area contributed by atoms with Crippen LogP contribution >= 0.6 is 0 Å². The Kier molecular flexibility index (Phi) is 8.74. The zero-order valence-electron chi connectivity index (χ0n) is 26.2. The van der Waals surface area contributed by atoms with Crippen LogP contribution in [0, 0.1) is 6.92 Å². The van der Waals surface area contributed by atoms with Gasteiger partial charge in [-0.25, -0.2) is 9.78 Å². The van der Waals surface area contributed by atoms with Gasteiger partial charge in [0, 0.05) is 50.2 Å². The van der Waals surface area contributed by atoms with Gasteiger partial charge in [-0.05, 0) is 58.2 Å². The second kappa shape index (κ2) is 12.9. The normalized spacial score (nSPS) is 16.2. The van der Waals surface area contributed by atoms with Crippen LogP contribution in [0.1, 0.15) is 51.6 Å². The molecule has 0 aliphatic carbocycles. The van der Waals surface area contributed by atoms with Gasteiger partial charge in [-0.3, -0.25) is 13.9 Å². The Morgan fingerprint density at radius 2 is 1.57 bits per heavy atom. The second-order valence-corrected chi connectivity index (χ2v) is 11.5. The Balaban J connectivity index is 1.38. The molecular formula is C33H42N6O5. The average Bonchev–Trinajstić information content (AvgIpc) is 3.04. The molecule has 2 aliphatic heterocycles. The predicted molar refractivity (Wildman–Crippen MR) is 173 cm³/mol. The van der Waals surface area contributed by atoms with Gasteiger partial charge in [0.05, 0.1) is 42.8 Å². The summed E-state index contributed by atoms with van der Waals surface area (Å²) in [5, 5.41) is 1.49. The van der Waals surface area contributed by atoms with Crippen LogP contribution in [0.2, 0.25) is 0 Å². The molecule has 4 heterocycles. The summed E-state index contributed by atoms with van der Waals surface area (Å²) in [5.74, 6) is 2.81. The number of rotatable bonds is 9. The summed E-state index contributed by atoms with van der Waals surface area (Å²) in [5.41, 5.74) is 2.07. The van der Waals surface area contributed by atoms with Crippen LogP contribution in [0.3, 0.4) is 0 Å². The monoisotopic (exact) mass is 602 g/mol. The van der Waals surface area contributed by atoms with Gasteiger partial charge in [0.1, 0.15) is 5.82 Å². The van der Waals surface area contributed by atoms with Crippen molar-refractivity contribution in [2.24, 2.45) is 0 Å². The first-order valence-corrected chi connectivity index (χ1v) is 15.9. The van der Waals surface area contributed by atoms with Crippen molar-refractivity contribution in [3.05, 3.63) is 56.7 Å². The second-order valence-electron chi connectivity index (χ2n) is 11.5. The lowest BCUT2D eigenvalue weighted by atomic mass is 10.0. The zero-order chi connectivity index (χ0) is 30.8. The van der Waals surface area contributed by atoms with Crippen LogP contribution < -0.4 is 30.5 Å². The highest BCUT2D eigenvalue weighted by molar-refractivity contribution is 5.93. The summed E-state index contributed by atoms with van der Waals surface area (Å²) < 4.78 is 20.7. The molecular weight excluding hydrogens is 560 g/mol. The topological polar surface area (TPSA) is 104 Å². The summed E-state index contributed by atoms with van der Waals surface area (Å²) in [4.78, 5) is 42.0. The number of benzene rings is 2. The molecule has 0 bridgehead atoms. The van der Waals surface area contributed by atoms with E-state index in [1.54, 1.807) is 4.57 Å². The highest BCUT2D eigenvalue weighted by Gasteiger charge is 2.28. The van der Waals surface area contributed by atoms with E-state index in [4.69, 9.17) is 24.2 Å². The van der Waals surface area contributed by atoms with E-state index in [9.17, 15) is 9.59 Å². The molecule has 0 radical (unpaired) electrons. The minimum atomic E-state index is -0.224. The third-order valence-corrected chi connectivity index (χ3v) is 8.53. The van der Waals surface area contributed by atoms with Crippen LogP contribution in [-0.4, -0.2) is 71.7 Å². The number of fused-ring (bicyclic) bond motifs is 2. The lowest BCUT2D eigenvalue weighted by Crippen LogP contribution is -2.46. The van der Waals surface area contributed by atoms with E-state index in [1.165, 1.54) is 4.57 Å². The molecule has 0 amide bonds. The fraction of sp³-hybridized carbons (Fsp3) is 0.515. The standard InChI is InChI=1S/C33H42N6O5/c1-5-12-38-27-9-8-22(4)19-25(27)31(40)39(33(38)41)23-10-13-36(14-11-23)30-24-20-28(43-6-2)29(44-7-3)21-26(24)34-32(35-30)37-15-17-42-18-16-37/h8-9,19-21,23H,5-7,10-18H2,1-4H3. The summed E-state index contributed by atoms with van der Waals surface area (Å²) >= 11 is 0. The first kappa shape index (κ1) is 29.9. The van der Waals surface area contributed by atoms with Gasteiger partial charge < -0.3 is 24.0 Å². The molecule has 0 saturated carbocycles. The molecule has 11 heteroatoms. The number of anilines is 2. The molecule has 0 spiro atoms. The maximum Gasteiger partial charge on any atom is 0.331 e. The molecule has 4 aromatic rings. The van der Waals surface area contributed by atoms with Crippen molar-refractivity contribution in [2.45, 2.75) is 59.5 Å². The molecule has 11 nitrogen and oxygen atoms in total. The molecule has 2 fully saturated rings. The van der Waals surface area contributed by atoms with Crippen molar-refractivity contribution < 1.29 is 14.2 Å². The van der Waals surface area contributed by atoms with Crippen LogP contribution in [0.5, 0.6) is 11.5 Å². The Labute approximate surface area is 257 Å². The van der Waals surface area contributed by atoms with Crippen LogP contribution in [0.25, 0.3) is 21.8 Å². The minimum Gasteiger partial charge on any atom is -0.490 e. The molecule has 2 aliphatic rings. The van der Waals surface area contributed by atoms with E-state index < -0.39 is 0 Å². The third kappa shape index (κ3) is 5.60. The minimum absolute atomic E-state index is 0.199. The quantitative estimate of drug-likeness (QED) is 0.277. The van der Waals surface area contributed by atoms with Gasteiger partial charge in [0.25, 0.3) is 5.56 Å². The van der Waals surface area contributed by atoms with Gasteiger partial charge in [0.2, 0.25) is 5.95 Å². The Hall–Kier alpha value is -4.12. The van der Waals surface area contributed by atoms with Crippen molar-refractivity contribution in [2.75, 3.05) is 62.4 Å². The van der Waals surface area contributed by atoms with Gasteiger partial charge in [-0.15, -0.1) is 0 Å². The summed E-state index contributed by atoms with van der Waals surface area (Å²) in [7, 11) is 0. The fourth-order valence-corrected chi connectivity index (χ4v) is 6.39. The smallest absolute Gasteiger partial charge is 0.331 e. The summed E-state index contributed by atoms with van der Waals surface area (Å²) in [6.45, 7) is 13.5. The van der Waals surface area contributed by atoms with Gasteiger partial charge in [-0.1, -0.05) is 18.6 Å². The maximum absolute atomic E-state index is 13.8.